The second-order valence-electron chi connectivity index (χ2n) is 3.07. The molecular formula is C9H5F3N2O2. The molecular weight excluding hydrogens is 225 g/mol. The third-order valence-corrected chi connectivity index (χ3v) is 1.96. The number of ether oxygens (including phenoxy) is 1. The quantitative estimate of drug-likeness (QED) is 0.743. The summed E-state index contributed by atoms with van der Waals surface area (Å²) >= 11 is 0. The van der Waals surface area contributed by atoms with Gasteiger partial charge in [-0.3, -0.25) is 0 Å². The van der Waals surface area contributed by atoms with E-state index in [-0.39, 0.29) is 5.56 Å². The van der Waals surface area contributed by atoms with Crippen LogP contribution in [0.3, 0.4) is 0 Å². The summed E-state index contributed by atoms with van der Waals surface area (Å²) in [5, 5.41) is 6.46. The van der Waals surface area contributed by atoms with Crippen molar-refractivity contribution < 1.29 is 22.7 Å². The molecule has 1 unspecified atom stereocenters. The number of halogens is 3. The van der Waals surface area contributed by atoms with Crippen LogP contribution in [0.2, 0.25) is 0 Å². The normalized spacial score (nSPS) is 19.9. The van der Waals surface area contributed by atoms with E-state index >= 15 is 0 Å². The minimum absolute atomic E-state index is 0.143. The number of benzene rings is 1. The van der Waals surface area contributed by atoms with Gasteiger partial charge in [0.1, 0.15) is 0 Å². The van der Waals surface area contributed by atoms with Crippen molar-refractivity contribution >= 4 is 6.09 Å². The number of cyclic esters (lactones) is 1. The highest BCUT2D eigenvalue weighted by Gasteiger charge is 2.32. The highest BCUT2D eigenvalue weighted by Crippen LogP contribution is 2.32. The highest BCUT2D eigenvalue weighted by atomic mass is 19.4. The number of hydrogen-bond acceptors (Lipinski definition) is 3. The number of carbonyl (C=O) groups excluding carboxylic acids is 1. The van der Waals surface area contributed by atoms with E-state index in [9.17, 15) is 18.0 Å². The molecule has 4 nitrogen and oxygen atoms in total. The summed E-state index contributed by atoms with van der Waals surface area (Å²) in [4.78, 5) is 10.6. The first-order valence-electron chi connectivity index (χ1n) is 4.25. The summed E-state index contributed by atoms with van der Waals surface area (Å²) in [7, 11) is 0. The van der Waals surface area contributed by atoms with Crippen molar-refractivity contribution in [3.63, 3.8) is 0 Å². The van der Waals surface area contributed by atoms with Crippen LogP contribution in [-0.4, -0.2) is 6.09 Å². The molecule has 0 aromatic heterocycles. The largest absolute Gasteiger partial charge is 0.454 e. The van der Waals surface area contributed by atoms with Gasteiger partial charge in [0.15, 0.2) is 0 Å². The Kier molecular flexibility index (Phi) is 2.37. The monoisotopic (exact) mass is 230 g/mol. The number of azo groups is 1. The van der Waals surface area contributed by atoms with Crippen molar-refractivity contribution in [1.82, 2.24) is 0 Å². The van der Waals surface area contributed by atoms with Crippen molar-refractivity contribution in [1.29, 1.82) is 0 Å². The van der Waals surface area contributed by atoms with Crippen molar-refractivity contribution in [3.8, 4) is 0 Å². The summed E-state index contributed by atoms with van der Waals surface area (Å²) in [6.45, 7) is 0. The fraction of sp³-hybridized carbons (Fsp3) is 0.222. The maximum atomic E-state index is 12.4. The van der Waals surface area contributed by atoms with E-state index in [4.69, 9.17) is 0 Å². The van der Waals surface area contributed by atoms with E-state index in [1.54, 1.807) is 0 Å². The third-order valence-electron chi connectivity index (χ3n) is 1.96. The maximum Gasteiger partial charge on any atom is 0.454 e. The Labute approximate surface area is 87.7 Å². The maximum absolute atomic E-state index is 12.4. The summed E-state index contributed by atoms with van der Waals surface area (Å²) in [6.07, 6.45) is -6.41. The summed E-state index contributed by atoms with van der Waals surface area (Å²) in [6, 6.07) is 4.41. The molecule has 0 spiro atoms. The molecule has 1 heterocycles. The predicted octanol–water partition coefficient (Wildman–Crippen LogP) is 3.31. The van der Waals surface area contributed by atoms with E-state index in [0.29, 0.717) is 0 Å². The molecule has 0 bridgehead atoms. The highest BCUT2D eigenvalue weighted by molar-refractivity contribution is 5.69. The molecule has 0 fully saturated rings. The Hall–Kier alpha value is -1.92. The number of amides is 1. The number of alkyl halides is 3. The van der Waals surface area contributed by atoms with Crippen LogP contribution in [0, 0.1) is 0 Å². The fourth-order valence-corrected chi connectivity index (χ4v) is 1.25. The first-order chi connectivity index (χ1) is 7.47. The van der Waals surface area contributed by atoms with Crippen molar-refractivity contribution in [3.05, 3.63) is 35.4 Å². The zero-order chi connectivity index (χ0) is 11.8. The lowest BCUT2D eigenvalue weighted by Crippen LogP contribution is -2.06. The lowest BCUT2D eigenvalue weighted by molar-refractivity contribution is -0.137. The Bertz CT molecular complexity index is 456. The Morgan fingerprint density at radius 3 is 2.62 bits per heavy atom. The molecule has 84 valence electrons. The molecule has 1 aliphatic rings. The van der Waals surface area contributed by atoms with Crippen LogP contribution in [0.5, 0.6) is 0 Å². The van der Waals surface area contributed by atoms with Crippen molar-refractivity contribution in [2.45, 2.75) is 12.4 Å². The summed E-state index contributed by atoms with van der Waals surface area (Å²) in [5.41, 5.74) is -0.674. The molecule has 1 aromatic rings. The zero-order valence-electron chi connectivity index (χ0n) is 7.73. The minimum atomic E-state index is -4.43. The Balaban J connectivity index is 2.30. The zero-order valence-corrected chi connectivity index (χ0v) is 7.73. The van der Waals surface area contributed by atoms with E-state index in [0.717, 1.165) is 12.1 Å². The topological polar surface area (TPSA) is 51.0 Å². The van der Waals surface area contributed by atoms with E-state index in [2.05, 4.69) is 15.0 Å². The first-order valence-corrected chi connectivity index (χ1v) is 4.25. The molecule has 7 heteroatoms. The van der Waals surface area contributed by atoms with Gasteiger partial charge in [-0.1, -0.05) is 17.2 Å². The van der Waals surface area contributed by atoms with Crippen molar-refractivity contribution in [2.75, 3.05) is 0 Å². The minimum Gasteiger partial charge on any atom is -0.415 e. The van der Waals surface area contributed by atoms with Crippen LogP contribution < -0.4 is 0 Å². The molecule has 1 atom stereocenters. The summed E-state index contributed by atoms with van der Waals surface area (Å²) < 4.78 is 41.7. The van der Waals surface area contributed by atoms with E-state index < -0.39 is 24.1 Å². The molecule has 1 aromatic carbocycles. The Morgan fingerprint density at radius 1 is 1.31 bits per heavy atom. The van der Waals surface area contributed by atoms with Crippen LogP contribution in [0.1, 0.15) is 17.4 Å². The smallest absolute Gasteiger partial charge is 0.415 e. The molecule has 16 heavy (non-hydrogen) atoms. The van der Waals surface area contributed by atoms with Gasteiger partial charge in [-0.15, -0.1) is 5.11 Å². The third kappa shape index (κ3) is 2.02. The standard InChI is InChI=1S/C9H5F3N2O2/c10-9(11,12)6-3-1-2-5(4-6)7-13-14-8(15)16-7/h1-4,7H. The van der Waals surface area contributed by atoms with Crippen LogP contribution in [0.25, 0.3) is 0 Å². The van der Waals surface area contributed by atoms with Gasteiger partial charge >= 0.3 is 12.3 Å². The number of hydrogen-bond donors (Lipinski definition) is 0. The molecule has 0 radical (unpaired) electrons. The van der Waals surface area contributed by atoms with Gasteiger partial charge in [-0.2, -0.15) is 13.2 Å². The fourth-order valence-electron chi connectivity index (χ4n) is 1.25. The SMILES string of the molecule is O=C1N=NC(c2cccc(C(F)(F)F)c2)O1. The number of rotatable bonds is 1. The van der Waals surface area contributed by atoms with Gasteiger partial charge < -0.3 is 4.74 Å². The predicted molar refractivity (Wildman–Crippen MR) is 45.5 cm³/mol. The van der Waals surface area contributed by atoms with Gasteiger partial charge in [-0.05, 0) is 12.1 Å². The lowest BCUT2D eigenvalue weighted by Gasteiger charge is -2.10. The van der Waals surface area contributed by atoms with Gasteiger partial charge in [0, 0.05) is 5.56 Å². The molecule has 1 amide bonds. The van der Waals surface area contributed by atoms with Gasteiger partial charge in [0.05, 0.1) is 5.56 Å². The second-order valence-corrected chi connectivity index (χ2v) is 3.07. The van der Waals surface area contributed by atoms with Gasteiger partial charge in [0.25, 0.3) is 0 Å². The van der Waals surface area contributed by atoms with E-state index in [1.807, 2.05) is 0 Å². The van der Waals surface area contributed by atoms with Crippen LogP contribution in [-0.2, 0) is 10.9 Å². The molecule has 0 saturated heterocycles. The van der Waals surface area contributed by atoms with Crippen LogP contribution in [0.4, 0.5) is 18.0 Å². The number of carbonyl (C=O) groups is 1. The first kappa shape index (κ1) is 10.6. The molecule has 2 rings (SSSR count). The van der Waals surface area contributed by atoms with Gasteiger partial charge in [0.2, 0.25) is 6.23 Å². The second kappa shape index (κ2) is 3.58. The number of nitrogens with zero attached hydrogens (tertiary/aromatic N) is 2. The molecule has 0 saturated carbocycles. The molecule has 0 N–H and O–H groups in total. The van der Waals surface area contributed by atoms with Crippen LogP contribution >= 0.6 is 0 Å². The van der Waals surface area contributed by atoms with Crippen molar-refractivity contribution in [2.24, 2.45) is 10.2 Å². The van der Waals surface area contributed by atoms with E-state index in [1.165, 1.54) is 12.1 Å². The molecule has 0 aliphatic carbocycles. The average Bonchev–Trinajstić information content (AvgIpc) is 2.64. The summed E-state index contributed by atoms with van der Waals surface area (Å²) in [5.74, 6) is 0. The van der Waals surface area contributed by atoms with Gasteiger partial charge in [-0.25, -0.2) is 4.79 Å². The molecule has 1 aliphatic heterocycles. The van der Waals surface area contributed by atoms with Crippen LogP contribution in [0.15, 0.2) is 34.5 Å². The Morgan fingerprint density at radius 2 is 2.06 bits per heavy atom. The average molecular weight is 230 g/mol. The lowest BCUT2D eigenvalue weighted by atomic mass is 10.1.